The zero-order chi connectivity index (χ0) is 55.1. The van der Waals surface area contributed by atoms with Crippen molar-refractivity contribution in [1.29, 1.82) is 0 Å². The molecule has 6 aromatic heterocycles. The highest BCUT2D eigenvalue weighted by Crippen LogP contribution is 2.36. The van der Waals surface area contributed by atoms with Crippen molar-refractivity contribution in [3.63, 3.8) is 0 Å². The van der Waals surface area contributed by atoms with E-state index in [0.717, 1.165) is 18.5 Å². The van der Waals surface area contributed by atoms with E-state index in [0.29, 0.717) is 69.0 Å². The quantitative estimate of drug-likeness (QED) is 0.0826. The Labute approximate surface area is 442 Å². The third-order valence-corrected chi connectivity index (χ3v) is 9.62. The summed E-state index contributed by atoms with van der Waals surface area (Å²) in [5, 5.41) is 29.1. The van der Waals surface area contributed by atoms with Crippen molar-refractivity contribution in [2.24, 2.45) is 0 Å². The van der Waals surface area contributed by atoms with Crippen LogP contribution >= 0.6 is 11.6 Å². The molecule has 29 heteroatoms. The van der Waals surface area contributed by atoms with Crippen LogP contribution in [-0.2, 0) is 10.9 Å². The molecule has 25 nitrogen and oxygen atoms in total. The van der Waals surface area contributed by atoms with Crippen molar-refractivity contribution in [1.82, 2.24) is 60.5 Å². The van der Waals surface area contributed by atoms with Crippen LogP contribution in [0.4, 0.5) is 45.5 Å². The molecule has 0 radical (unpaired) electrons. The lowest BCUT2D eigenvalue weighted by Crippen LogP contribution is -2.27. The Kier molecular flexibility index (Phi) is 16.9. The van der Waals surface area contributed by atoms with E-state index in [4.69, 9.17) is 49.5 Å². The second kappa shape index (κ2) is 24.6. The van der Waals surface area contributed by atoms with Gasteiger partial charge in [0, 0.05) is 59.1 Å². The first kappa shape index (κ1) is 53.6. The van der Waals surface area contributed by atoms with Gasteiger partial charge in [0.1, 0.15) is 58.9 Å². The first-order chi connectivity index (χ1) is 37.5. The predicted molar refractivity (Wildman–Crippen MR) is 269 cm³/mol. The van der Waals surface area contributed by atoms with Gasteiger partial charge in [-0.3, -0.25) is 5.32 Å². The lowest BCUT2D eigenvalue weighted by Gasteiger charge is -2.19. The van der Waals surface area contributed by atoms with Crippen LogP contribution < -0.4 is 35.9 Å². The van der Waals surface area contributed by atoms with Crippen LogP contribution in [0.5, 0.6) is 34.9 Å². The molecule has 0 aliphatic heterocycles. The molecule has 3 amide bonds. The summed E-state index contributed by atoms with van der Waals surface area (Å²) in [6.45, 7) is 5.38. The van der Waals surface area contributed by atoms with E-state index in [1.165, 1.54) is 50.0 Å². The summed E-state index contributed by atoms with van der Waals surface area (Å²) in [6, 6.07) is 27.2. The van der Waals surface area contributed by atoms with Crippen molar-refractivity contribution in [3.05, 3.63) is 158 Å². The van der Waals surface area contributed by atoms with Gasteiger partial charge >= 0.3 is 18.3 Å². The van der Waals surface area contributed by atoms with Crippen molar-refractivity contribution in [2.45, 2.75) is 32.5 Å². The number of halogens is 4. The average molecular weight is 1090 g/mol. The summed E-state index contributed by atoms with van der Waals surface area (Å²) in [5.74, 6) is 3.00. The molecule has 0 unspecified atom stereocenters. The van der Waals surface area contributed by atoms with Gasteiger partial charge in [-0.2, -0.15) is 13.2 Å². The molecular weight excluding hydrogens is 1050 g/mol. The number of hydrogen-bond donors (Lipinski definition) is 4. The average Bonchev–Trinajstić information content (AvgIpc) is 4.24. The monoisotopic (exact) mass is 1090 g/mol. The molecule has 0 aliphatic carbocycles. The Morgan fingerprint density at radius 1 is 0.538 bits per heavy atom. The van der Waals surface area contributed by atoms with Gasteiger partial charge in [0.25, 0.3) is 17.7 Å². The predicted octanol–water partition coefficient (Wildman–Crippen LogP) is 11.2. The van der Waals surface area contributed by atoms with Crippen LogP contribution in [-0.4, -0.2) is 78.2 Å². The fourth-order valence-corrected chi connectivity index (χ4v) is 6.37. The van der Waals surface area contributed by atoms with Crippen LogP contribution in [0, 0.1) is 0 Å². The van der Waals surface area contributed by atoms with Crippen molar-refractivity contribution in [2.75, 3.05) is 21.7 Å². The molecular formula is C49H38ClF3N16O9. The molecule has 0 saturated heterocycles. The number of ether oxygens (including phenoxy) is 4. The van der Waals surface area contributed by atoms with Gasteiger partial charge in [0.2, 0.25) is 36.8 Å². The molecule has 0 bridgehead atoms. The molecule has 10 aromatic rings. The van der Waals surface area contributed by atoms with Gasteiger partial charge in [-0.15, -0.1) is 30.6 Å². The fraction of sp³-hybridized carbons (Fsp3) is 0.102. The highest BCUT2D eigenvalue weighted by atomic mass is 35.5. The maximum atomic E-state index is 13.0. The first-order valence-corrected chi connectivity index (χ1v) is 22.7. The Bertz CT molecular complexity index is 3590. The van der Waals surface area contributed by atoms with Gasteiger partial charge < -0.3 is 48.6 Å². The molecule has 10 rings (SSSR count). The molecule has 0 spiro atoms. The number of hydrogen-bond acceptors (Lipinski definition) is 22. The Morgan fingerprint density at radius 2 is 0.962 bits per heavy atom. The second-order valence-corrected chi connectivity index (χ2v) is 16.7. The summed E-state index contributed by atoms with van der Waals surface area (Å²) in [7, 11) is 0. The van der Waals surface area contributed by atoms with Crippen LogP contribution in [0.1, 0.15) is 26.3 Å². The minimum absolute atomic E-state index is 0.0776. The molecule has 5 N–H and O–H groups in total. The van der Waals surface area contributed by atoms with E-state index in [-0.39, 0.29) is 23.3 Å². The number of nitrogens with two attached hydrogens (primary N) is 1. The largest absolute Gasteiger partial charge is 0.444 e. The normalized spacial score (nSPS) is 10.9. The molecule has 6 heterocycles. The van der Waals surface area contributed by atoms with E-state index >= 15 is 0 Å². The number of carbonyl (C=O) groups is 2. The van der Waals surface area contributed by atoms with E-state index in [1.54, 1.807) is 99.6 Å². The van der Waals surface area contributed by atoms with Crippen LogP contribution in [0.3, 0.4) is 0 Å². The van der Waals surface area contributed by atoms with E-state index in [9.17, 15) is 22.8 Å². The third-order valence-electron chi connectivity index (χ3n) is 9.29. The van der Waals surface area contributed by atoms with Gasteiger partial charge in [0.05, 0.1) is 10.6 Å². The summed E-state index contributed by atoms with van der Waals surface area (Å²) in [4.78, 5) is 48.3. The molecule has 0 fully saturated rings. The number of anilines is 4. The number of nitrogen functional groups attached to an aromatic ring is 1. The molecule has 396 valence electrons. The Balaban J connectivity index is 0.000000160. The third kappa shape index (κ3) is 15.9. The lowest BCUT2D eigenvalue weighted by molar-refractivity contribution is -0.137. The van der Waals surface area contributed by atoms with Crippen LogP contribution in [0.2, 0.25) is 5.02 Å². The Hall–Kier alpha value is -10.6. The first-order valence-electron chi connectivity index (χ1n) is 22.3. The smallest absolute Gasteiger partial charge is 0.417 e. The van der Waals surface area contributed by atoms with Gasteiger partial charge in [-0.25, -0.2) is 39.5 Å². The van der Waals surface area contributed by atoms with Crippen molar-refractivity contribution >= 4 is 46.5 Å². The number of alkyl halides is 3. The minimum atomic E-state index is -4.65. The van der Waals surface area contributed by atoms with Crippen molar-refractivity contribution in [3.8, 4) is 69.6 Å². The minimum Gasteiger partial charge on any atom is -0.444 e. The van der Waals surface area contributed by atoms with Gasteiger partial charge in [0.15, 0.2) is 0 Å². The maximum absolute atomic E-state index is 13.0. The van der Waals surface area contributed by atoms with E-state index in [1.807, 2.05) is 0 Å². The van der Waals surface area contributed by atoms with Crippen LogP contribution in [0.25, 0.3) is 34.8 Å². The summed E-state index contributed by atoms with van der Waals surface area (Å²) in [5.41, 5.74) is 6.71. The lowest BCUT2D eigenvalue weighted by atomic mass is 10.2. The fourth-order valence-electron chi connectivity index (χ4n) is 6.14. The summed E-state index contributed by atoms with van der Waals surface area (Å²) >= 11 is 5.59. The molecule has 0 aliphatic rings. The standard InChI is InChI=1S/C20H12ClF3N6O3.C17H17N5O4.C12H9N5O2/c21-15-5-4-12(7-14(15)20(22,23)24)29-19(31)28-11-2-1-3-13(6-11)33-17-8-16(25-9-26-17)18-30-27-10-32-18;1-17(2,3)26-16(23)21-11-5-4-6-12(7-11)25-14-8-13(18-9-19-14)15-22-20-10-24-15;13-8-2-1-3-9(4-8)19-11-5-10(14-6-15-11)12-17-16-7-18-12/h1-10H,(H2,28,29,31);4-10H,1-3H3,(H,21,23);1-7H,13H2. The zero-order valence-corrected chi connectivity index (χ0v) is 41.2. The number of benzene rings is 4. The number of rotatable bonds is 12. The van der Waals surface area contributed by atoms with Gasteiger partial charge in [-0.05, 0) is 75.4 Å². The topological polar surface area (TPSA) is 327 Å². The molecule has 78 heavy (non-hydrogen) atoms. The highest BCUT2D eigenvalue weighted by molar-refractivity contribution is 6.31. The highest BCUT2D eigenvalue weighted by Gasteiger charge is 2.33. The molecule has 0 saturated carbocycles. The molecule has 0 atom stereocenters. The second-order valence-electron chi connectivity index (χ2n) is 16.3. The molecule has 4 aromatic carbocycles. The zero-order valence-electron chi connectivity index (χ0n) is 40.5. The summed E-state index contributed by atoms with van der Waals surface area (Å²) < 4.78 is 76.4. The van der Waals surface area contributed by atoms with E-state index < -0.39 is 34.5 Å². The number of urea groups is 1. The Morgan fingerprint density at radius 3 is 1.37 bits per heavy atom. The number of nitrogens with zero attached hydrogens (tertiary/aromatic N) is 12. The number of nitrogens with one attached hydrogen (secondary N) is 3. The van der Waals surface area contributed by atoms with Crippen molar-refractivity contribution < 1.29 is 55.0 Å². The van der Waals surface area contributed by atoms with Gasteiger partial charge in [-0.1, -0.05) is 29.8 Å². The number of carbonyl (C=O) groups excluding carboxylic acids is 2. The summed E-state index contributed by atoms with van der Waals surface area (Å²) in [6.07, 6.45) is 2.35. The number of amides is 3. The SMILES string of the molecule is CC(C)(C)OC(=O)Nc1cccc(Oc2cc(-c3nnco3)ncn2)c1.Nc1cccc(Oc2cc(-c3nnco3)ncn2)c1.O=C(Nc1cccc(Oc2cc(-c3nnco3)ncn2)c1)Nc1ccc(Cl)c(C(F)(F)F)c1. The van der Waals surface area contributed by atoms with E-state index in [2.05, 4.69) is 76.4 Å². The number of aromatic nitrogens is 12. The van der Waals surface area contributed by atoms with Crippen LogP contribution in [0.15, 0.2) is 161 Å². The maximum Gasteiger partial charge on any atom is 0.417 e.